The smallest absolute Gasteiger partial charge is 0.255 e. The summed E-state index contributed by atoms with van der Waals surface area (Å²) in [7, 11) is 0. The Hall–Kier alpha value is -2.27. The van der Waals surface area contributed by atoms with E-state index >= 15 is 0 Å². The highest BCUT2D eigenvalue weighted by atomic mass is 19.1. The number of nitrogens with two attached hydrogens (primary N) is 1. The van der Waals surface area contributed by atoms with Crippen LogP contribution in [0.25, 0.3) is 0 Å². The predicted octanol–water partition coefficient (Wildman–Crippen LogP) is 2.68. The van der Waals surface area contributed by atoms with Gasteiger partial charge in [0.25, 0.3) is 5.91 Å². The van der Waals surface area contributed by atoms with Gasteiger partial charge >= 0.3 is 0 Å². The van der Waals surface area contributed by atoms with Crippen LogP contribution < -0.4 is 11.1 Å². The third-order valence-electron chi connectivity index (χ3n) is 2.60. The summed E-state index contributed by atoms with van der Waals surface area (Å²) in [5, 5.41) is 2.32. The van der Waals surface area contributed by atoms with Gasteiger partial charge in [0.15, 0.2) is 0 Å². The summed E-state index contributed by atoms with van der Waals surface area (Å²) in [6.07, 6.45) is 0. The Morgan fingerprint density at radius 3 is 2.68 bits per heavy atom. The molecule has 0 spiro atoms. The van der Waals surface area contributed by atoms with Gasteiger partial charge in [-0.05, 0) is 29.8 Å². The van der Waals surface area contributed by atoms with Gasteiger partial charge in [0.2, 0.25) is 0 Å². The molecule has 2 aromatic carbocycles. The summed E-state index contributed by atoms with van der Waals surface area (Å²) in [6, 6.07) is 9.51. The van der Waals surface area contributed by atoms with Gasteiger partial charge in [-0.3, -0.25) is 4.79 Å². The van der Waals surface area contributed by atoms with Gasteiger partial charge in [-0.25, -0.2) is 8.78 Å². The summed E-state index contributed by atoms with van der Waals surface area (Å²) < 4.78 is 26.4. The van der Waals surface area contributed by atoms with Crippen LogP contribution in [0.3, 0.4) is 0 Å². The van der Waals surface area contributed by atoms with E-state index in [9.17, 15) is 13.6 Å². The molecule has 0 saturated heterocycles. The number of benzene rings is 2. The number of hydrogen-bond donors (Lipinski definition) is 2. The first-order valence-electron chi connectivity index (χ1n) is 5.65. The molecule has 19 heavy (non-hydrogen) atoms. The van der Waals surface area contributed by atoms with Gasteiger partial charge in [0, 0.05) is 18.2 Å². The normalized spacial score (nSPS) is 10.3. The lowest BCUT2D eigenvalue weighted by Gasteiger charge is -2.07. The molecule has 3 nitrogen and oxygen atoms in total. The number of amides is 1. The van der Waals surface area contributed by atoms with Gasteiger partial charge in [0.05, 0.1) is 5.69 Å². The van der Waals surface area contributed by atoms with Crippen molar-refractivity contribution in [2.24, 2.45) is 5.73 Å². The van der Waals surface area contributed by atoms with Gasteiger partial charge < -0.3 is 11.1 Å². The number of carbonyl (C=O) groups is 1. The van der Waals surface area contributed by atoms with Crippen molar-refractivity contribution >= 4 is 11.6 Å². The highest BCUT2D eigenvalue weighted by molar-refractivity contribution is 6.04. The SMILES string of the molecule is NCc1cccc(C(=O)Nc2cc(F)ccc2F)c1. The average Bonchev–Trinajstić information content (AvgIpc) is 2.43. The van der Waals surface area contributed by atoms with Crippen LogP contribution in [0.1, 0.15) is 15.9 Å². The molecule has 0 atom stereocenters. The number of halogens is 2. The van der Waals surface area contributed by atoms with E-state index in [-0.39, 0.29) is 5.69 Å². The first kappa shape index (κ1) is 13.2. The number of carbonyl (C=O) groups excluding carboxylic acids is 1. The lowest BCUT2D eigenvalue weighted by atomic mass is 10.1. The molecule has 0 fully saturated rings. The average molecular weight is 262 g/mol. The lowest BCUT2D eigenvalue weighted by Crippen LogP contribution is -2.13. The number of anilines is 1. The minimum atomic E-state index is -0.690. The van der Waals surface area contributed by atoms with Crippen molar-refractivity contribution in [3.8, 4) is 0 Å². The molecule has 0 radical (unpaired) electrons. The first-order chi connectivity index (χ1) is 9.10. The van der Waals surface area contributed by atoms with E-state index in [0.29, 0.717) is 12.1 Å². The van der Waals surface area contributed by atoms with Crippen LogP contribution in [0.5, 0.6) is 0 Å². The zero-order valence-corrected chi connectivity index (χ0v) is 9.99. The van der Waals surface area contributed by atoms with Crippen LogP contribution in [-0.2, 0) is 6.54 Å². The summed E-state index contributed by atoms with van der Waals surface area (Å²) in [5.41, 5.74) is 6.41. The van der Waals surface area contributed by atoms with E-state index in [4.69, 9.17) is 5.73 Å². The van der Waals surface area contributed by atoms with Crippen LogP contribution in [0, 0.1) is 11.6 Å². The van der Waals surface area contributed by atoms with E-state index in [0.717, 1.165) is 23.8 Å². The molecule has 0 saturated carbocycles. The second kappa shape index (κ2) is 5.58. The van der Waals surface area contributed by atoms with Gasteiger partial charge in [0.1, 0.15) is 11.6 Å². The number of hydrogen-bond acceptors (Lipinski definition) is 2. The van der Waals surface area contributed by atoms with E-state index in [2.05, 4.69) is 5.32 Å². The molecule has 2 rings (SSSR count). The van der Waals surface area contributed by atoms with Crippen LogP contribution in [0.4, 0.5) is 14.5 Å². The van der Waals surface area contributed by atoms with Gasteiger partial charge in [-0.2, -0.15) is 0 Å². The maximum absolute atomic E-state index is 13.4. The molecule has 2 aromatic rings. The monoisotopic (exact) mass is 262 g/mol. The molecule has 0 aromatic heterocycles. The van der Waals surface area contributed by atoms with E-state index in [1.54, 1.807) is 24.3 Å². The van der Waals surface area contributed by atoms with E-state index in [1.165, 1.54) is 0 Å². The van der Waals surface area contributed by atoms with Crippen molar-refractivity contribution in [2.75, 3.05) is 5.32 Å². The lowest BCUT2D eigenvalue weighted by molar-refractivity contribution is 0.102. The summed E-state index contributed by atoms with van der Waals surface area (Å²) in [5.74, 6) is -1.82. The standard InChI is InChI=1S/C14H12F2N2O/c15-11-4-5-12(16)13(7-11)18-14(19)10-3-1-2-9(6-10)8-17/h1-7H,8,17H2,(H,18,19). The number of nitrogens with one attached hydrogen (secondary N) is 1. The Morgan fingerprint density at radius 1 is 1.16 bits per heavy atom. The molecule has 5 heteroatoms. The minimum absolute atomic E-state index is 0.192. The second-order valence-electron chi connectivity index (χ2n) is 3.98. The molecule has 0 bridgehead atoms. The summed E-state index contributed by atoms with van der Waals surface area (Å²) in [6.45, 7) is 0.301. The van der Waals surface area contributed by atoms with Crippen LogP contribution in [0.2, 0.25) is 0 Å². The third kappa shape index (κ3) is 3.14. The molecule has 0 unspecified atom stereocenters. The van der Waals surface area contributed by atoms with Crippen molar-refractivity contribution in [3.05, 3.63) is 65.2 Å². The highest BCUT2D eigenvalue weighted by Crippen LogP contribution is 2.16. The molecule has 3 N–H and O–H groups in total. The Bertz CT molecular complexity index is 614. The quantitative estimate of drug-likeness (QED) is 0.893. The molecule has 0 aliphatic heterocycles. The van der Waals surface area contributed by atoms with Gasteiger partial charge in [-0.1, -0.05) is 12.1 Å². The topological polar surface area (TPSA) is 55.1 Å². The fourth-order valence-corrected chi connectivity index (χ4v) is 1.63. The second-order valence-corrected chi connectivity index (χ2v) is 3.98. The highest BCUT2D eigenvalue weighted by Gasteiger charge is 2.10. The maximum atomic E-state index is 13.4. The minimum Gasteiger partial charge on any atom is -0.326 e. The van der Waals surface area contributed by atoms with Crippen LogP contribution >= 0.6 is 0 Å². The largest absolute Gasteiger partial charge is 0.326 e. The fraction of sp³-hybridized carbons (Fsp3) is 0.0714. The van der Waals surface area contributed by atoms with Crippen molar-refractivity contribution in [1.29, 1.82) is 0 Å². The molecule has 0 aliphatic rings. The fourth-order valence-electron chi connectivity index (χ4n) is 1.63. The van der Waals surface area contributed by atoms with Crippen molar-refractivity contribution in [3.63, 3.8) is 0 Å². The molecular formula is C14H12F2N2O. The Balaban J connectivity index is 2.22. The molecule has 98 valence electrons. The predicted molar refractivity (Wildman–Crippen MR) is 68.6 cm³/mol. The van der Waals surface area contributed by atoms with E-state index < -0.39 is 17.5 Å². The molecular weight excluding hydrogens is 250 g/mol. The Kier molecular flexibility index (Phi) is 3.87. The van der Waals surface area contributed by atoms with E-state index in [1.807, 2.05) is 0 Å². The molecule has 1 amide bonds. The van der Waals surface area contributed by atoms with Crippen LogP contribution in [0.15, 0.2) is 42.5 Å². The van der Waals surface area contributed by atoms with Crippen molar-refractivity contribution in [1.82, 2.24) is 0 Å². The van der Waals surface area contributed by atoms with Crippen molar-refractivity contribution in [2.45, 2.75) is 6.54 Å². The number of rotatable bonds is 3. The van der Waals surface area contributed by atoms with Gasteiger partial charge in [-0.15, -0.1) is 0 Å². The Morgan fingerprint density at radius 2 is 1.95 bits per heavy atom. The molecule has 0 heterocycles. The third-order valence-corrected chi connectivity index (χ3v) is 2.60. The summed E-state index contributed by atoms with van der Waals surface area (Å²) in [4.78, 5) is 11.9. The maximum Gasteiger partial charge on any atom is 0.255 e. The summed E-state index contributed by atoms with van der Waals surface area (Å²) >= 11 is 0. The zero-order valence-electron chi connectivity index (χ0n) is 9.99. The van der Waals surface area contributed by atoms with Crippen molar-refractivity contribution < 1.29 is 13.6 Å². The zero-order chi connectivity index (χ0) is 13.8. The first-order valence-corrected chi connectivity index (χ1v) is 5.65. The molecule has 0 aliphatic carbocycles. The Labute approximate surface area is 109 Å². The van der Waals surface area contributed by atoms with Crippen LogP contribution in [-0.4, -0.2) is 5.91 Å².